The zero-order valence-electron chi connectivity index (χ0n) is 23.3. The van der Waals surface area contributed by atoms with Crippen molar-refractivity contribution in [2.24, 2.45) is 11.7 Å². The number of primary amides is 1. The lowest BCUT2D eigenvalue weighted by molar-refractivity contribution is -0.145. The van der Waals surface area contributed by atoms with Gasteiger partial charge in [-0.1, -0.05) is 30.7 Å². The molecular weight excluding hydrogens is 492 g/mol. The number of esters is 1. The summed E-state index contributed by atoms with van der Waals surface area (Å²) in [6.45, 7) is 10.3. The van der Waals surface area contributed by atoms with Crippen molar-refractivity contribution < 1.29 is 33.4 Å². The van der Waals surface area contributed by atoms with Crippen LogP contribution in [0.1, 0.15) is 69.7 Å². The number of rotatable bonds is 11. The third kappa shape index (κ3) is 8.74. The first-order chi connectivity index (χ1) is 17.6. The van der Waals surface area contributed by atoms with E-state index in [1.807, 2.05) is 39.0 Å². The standard InChI is InChI=1S/C27H40N4O7/c1-15-8-9-16(2)18(12-15)23(24(34)29-14-22(33)37-7)31(20-13-17(20)3)25(35)19(10-11-21(28)32)30-26(36)38-27(4,5)6/h8-9,12,17,19-20,23H,10-11,13-14H2,1-7H3,(H2,28,32)(H,29,34)(H,30,36). The molecule has 1 aliphatic rings. The van der Waals surface area contributed by atoms with E-state index in [4.69, 9.17) is 10.5 Å². The molecule has 1 aromatic rings. The van der Waals surface area contributed by atoms with Crippen LogP contribution in [-0.2, 0) is 28.7 Å². The molecule has 1 aliphatic carbocycles. The summed E-state index contributed by atoms with van der Waals surface area (Å²) in [5.74, 6) is -2.30. The van der Waals surface area contributed by atoms with Crippen molar-refractivity contribution in [1.82, 2.24) is 15.5 Å². The summed E-state index contributed by atoms with van der Waals surface area (Å²) < 4.78 is 9.99. The molecule has 11 nitrogen and oxygen atoms in total. The number of benzene rings is 1. The second-order valence-corrected chi connectivity index (χ2v) is 10.8. The van der Waals surface area contributed by atoms with Gasteiger partial charge in [-0.25, -0.2) is 4.79 Å². The van der Waals surface area contributed by atoms with Gasteiger partial charge in [-0.05, 0) is 64.5 Å². The Balaban J connectivity index is 2.54. The van der Waals surface area contributed by atoms with Crippen LogP contribution in [0.4, 0.5) is 4.79 Å². The summed E-state index contributed by atoms with van der Waals surface area (Å²) in [6, 6.07) is 3.00. The molecule has 0 aromatic heterocycles. The quantitative estimate of drug-likeness (QED) is 0.368. The summed E-state index contributed by atoms with van der Waals surface area (Å²) in [6.07, 6.45) is -0.425. The van der Waals surface area contributed by atoms with Gasteiger partial charge in [0.15, 0.2) is 0 Å². The highest BCUT2D eigenvalue weighted by atomic mass is 16.6. The average Bonchev–Trinajstić information content (AvgIpc) is 3.53. The molecule has 0 spiro atoms. The zero-order valence-corrected chi connectivity index (χ0v) is 23.3. The van der Waals surface area contributed by atoms with E-state index in [0.29, 0.717) is 12.0 Å². The molecule has 1 aromatic carbocycles. The van der Waals surface area contributed by atoms with Crippen LogP contribution in [0.25, 0.3) is 0 Å². The number of nitrogens with zero attached hydrogens (tertiary/aromatic N) is 1. The second-order valence-electron chi connectivity index (χ2n) is 10.8. The number of methoxy groups -OCH3 is 1. The number of nitrogens with two attached hydrogens (primary N) is 1. The van der Waals surface area contributed by atoms with Crippen LogP contribution in [0.5, 0.6) is 0 Å². The van der Waals surface area contributed by atoms with Crippen molar-refractivity contribution in [2.45, 2.75) is 84.5 Å². The molecule has 4 unspecified atom stereocenters. The van der Waals surface area contributed by atoms with Crippen LogP contribution >= 0.6 is 0 Å². The van der Waals surface area contributed by atoms with Crippen molar-refractivity contribution in [3.8, 4) is 0 Å². The van der Waals surface area contributed by atoms with Gasteiger partial charge in [0.1, 0.15) is 24.2 Å². The Kier molecular flexibility index (Phi) is 10.3. The van der Waals surface area contributed by atoms with Gasteiger partial charge in [-0.3, -0.25) is 19.2 Å². The number of hydrogen-bond donors (Lipinski definition) is 3. The predicted octanol–water partition coefficient (Wildman–Crippen LogP) is 2.03. The van der Waals surface area contributed by atoms with Crippen LogP contribution in [-0.4, -0.2) is 66.0 Å². The maximum Gasteiger partial charge on any atom is 0.408 e. The van der Waals surface area contributed by atoms with E-state index in [9.17, 15) is 24.0 Å². The first-order valence-electron chi connectivity index (χ1n) is 12.7. The summed E-state index contributed by atoms with van der Waals surface area (Å²) in [5.41, 5.74) is 6.77. The number of carbonyl (C=O) groups excluding carboxylic acids is 5. The molecular formula is C27H40N4O7. The Hall–Kier alpha value is -3.63. The molecule has 4 amide bonds. The highest BCUT2D eigenvalue weighted by molar-refractivity contribution is 5.94. The van der Waals surface area contributed by atoms with Crippen molar-refractivity contribution in [3.63, 3.8) is 0 Å². The Morgan fingerprint density at radius 2 is 1.79 bits per heavy atom. The number of hydrogen-bond acceptors (Lipinski definition) is 7. The fourth-order valence-electron chi connectivity index (χ4n) is 4.15. The lowest BCUT2D eigenvalue weighted by Gasteiger charge is -2.35. The third-order valence-corrected chi connectivity index (χ3v) is 6.24. The van der Waals surface area contributed by atoms with Gasteiger partial charge in [0.2, 0.25) is 17.7 Å². The van der Waals surface area contributed by atoms with E-state index in [0.717, 1.165) is 11.1 Å². The zero-order chi connectivity index (χ0) is 28.8. The van der Waals surface area contributed by atoms with Crippen LogP contribution in [0.15, 0.2) is 18.2 Å². The smallest absolute Gasteiger partial charge is 0.408 e. The fraction of sp³-hybridized carbons (Fsp3) is 0.593. The van der Waals surface area contributed by atoms with Crippen molar-refractivity contribution >= 4 is 29.8 Å². The van der Waals surface area contributed by atoms with Gasteiger partial charge >= 0.3 is 12.1 Å². The maximum absolute atomic E-state index is 14.1. The van der Waals surface area contributed by atoms with E-state index >= 15 is 0 Å². The topological polar surface area (TPSA) is 157 Å². The van der Waals surface area contributed by atoms with Gasteiger partial charge in [-0.2, -0.15) is 0 Å². The Bertz CT molecular complexity index is 1070. The van der Waals surface area contributed by atoms with Crippen LogP contribution in [0.3, 0.4) is 0 Å². The molecule has 1 fully saturated rings. The largest absolute Gasteiger partial charge is 0.468 e. The normalized spacial score (nSPS) is 18.0. The molecule has 11 heteroatoms. The Labute approximate surface area is 223 Å². The number of ether oxygens (including phenoxy) is 2. The van der Waals surface area contributed by atoms with Crippen molar-refractivity contribution in [1.29, 1.82) is 0 Å². The number of carbonyl (C=O) groups is 5. The minimum atomic E-state index is -1.17. The third-order valence-electron chi connectivity index (χ3n) is 6.24. The molecule has 0 aliphatic heterocycles. The molecule has 0 bridgehead atoms. The average molecular weight is 533 g/mol. The van der Waals surface area contributed by atoms with Gasteiger partial charge in [0.05, 0.1) is 7.11 Å². The summed E-state index contributed by atoms with van der Waals surface area (Å²) in [4.78, 5) is 65.2. The van der Waals surface area contributed by atoms with Crippen LogP contribution in [0, 0.1) is 19.8 Å². The van der Waals surface area contributed by atoms with Gasteiger partial charge in [0.25, 0.3) is 0 Å². The van der Waals surface area contributed by atoms with Gasteiger partial charge in [0, 0.05) is 12.5 Å². The lowest BCUT2D eigenvalue weighted by atomic mass is 9.95. The molecule has 4 atom stereocenters. The number of amides is 4. The van der Waals surface area contributed by atoms with E-state index < -0.39 is 47.5 Å². The minimum absolute atomic E-state index is 0.0751. The summed E-state index contributed by atoms with van der Waals surface area (Å²) in [5, 5.41) is 5.15. The van der Waals surface area contributed by atoms with E-state index in [-0.39, 0.29) is 31.3 Å². The number of alkyl carbamates (subject to hydrolysis) is 1. The summed E-state index contributed by atoms with van der Waals surface area (Å²) >= 11 is 0. The number of aryl methyl sites for hydroxylation is 2. The molecule has 38 heavy (non-hydrogen) atoms. The molecule has 4 N–H and O–H groups in total. The van der Waals surface area contributed by atoms with E-state index in [1.54, 1.807) is 20.8 Å². The molecule has 210 valence electrons. The molecule has 0 heterocycles. The fourth-order valence-corrected chi connectivity index (χ4v) is 4.15. The Morgan fingerprint density at radius 3 is 2.32 bits per heavy atom. The monoisotopic (exact) mass is 532 g/mol. The van der Waals surface area contributed by atoms with Crippen molar-refractivity contribution in [2.75, 3.05) is 13.7 Å². The highest BCUT2D eigenvalue weighted by Gasteiger charge is 2.48. The molecule has 0 saturated heterocycles. The van der Waals surface area contributed by atoms with Gasteiger partial charge < -0.3 is 30.7 Å². The number of nitrogens with one attached hydrogen (secondary N) is 2. The predicted molar refractivity (Wildman–Crippen MR) is 140 cm³/mol. The maximum atomic E-state index is 14.1. The lowest BCUT2D eigenvalue weighted by Crippen LogP contribution is -2.54. The van der Waals surface area contributed by atoms with Crippen LogP contribution in [0.2, 0.25) is 0 Å². The molecule has 1 saturated carbocycles. The first-order valence-corrected chi connectivity index (χ1v) is 12.7. The molecule has 2 rings (SSSR count). The minimum Gasteiger partial charge on any atom is -0.468 e. The van der Waals surface area contributed by atoms with Gasteiger partial charge in [-0.15, -0.1) is 0 Å². The van der Waals surface area contributed by atoms with E-state index in [1.165, 1.54) is 12.0 Å². The van der Waals surface area contributed by atoms with E-state index in [2.05, 4.69) is 15.4 Å². The first kappa shape index (κ1) is 30.6. The second kappa shape index (κ2) is 12.7. The SMILES string of the molecule is COC(=O)CNC(=O)C(c1cc(C)ccc1C)N(C(=O)C(CCC(N)=O)NC(=O)OC(C)(C)C)C1CC1C. The Morgan fingerprint density at radius 1 is 1.16 bits per heavy atom. The molecule has 0 radical (unpaired) electrons. The van der Waals surface area contributed by atoms with Crippen LogP contribution < -0.4 is 16.4 Å². The van der Waals surface area contributed by atoms with Crippen molar-refractivity contribution in [3.05, 3.63) is 34.9 Å². The summed E-state index contributed by atoms with van der Waals surface area (Å²) in [7, 11) is 1.21. The highest BCUT2D eigenvalue weighted by Crippen LogP contribution is 2.41.